The van der Waals surface area contributed by atoms with Gasteiger partial charge in [-0.05, 0) is 23.8 Å². The zero-order valence-corrected chi connectivity index (χ0v) is 10.5. The van der Waals surface area contributed by atoms with Crippen molar-refractivity contribution in [2.45, 2.75) is 12.7 Å². The first kappa shape index (κ1) is 13.8. The molecule has 0 spiro atoms. The highest BCUT2D eigenvalue weighted by Crippen LogP contribution is 2.31. The van der Waals surface area contributed by atoms with E-state index in [0.29, 0.717) is 16.1 Å². The highest BCUT2D eigenvalue weighted by atomic mass is 35.5. The Kier molecular flexibility index (Phi) is 3.78. The van der Waals surface area contributed by atoms with E-state index in [1.807, 2.05) is 0 Å². The largest absolute Gasteiger partial charge is 0.433 e. The highest BCUT2D eigenvalue weighted by Gasteiger charge is 2.33. The third-order valence-electron chi connectivity index (χ3n) is 2.59. The van der Waals surface area contributed by atoms with Crippen molar-refractivity contribution < 1.29 is 13.2 Å². The average Bonchev–Trinajstić information content (AvgIpc) is 2.37. The molecular weight excluding hydrogens is 277 g/mol. The monoisotopic (exact) mass is 286 g/mol. The van der Waals surface area contributed by atoms with Crippen LogP contribution in [-0.4, -0.2) is 4.98 Å². The molecule has 0 bridgehead atoms. The van der Waals surface area contributed by atoms with Crippen LogP contribution < -0.4 is 5.73 Å². The predicted octanol–water partition coefficient (Wildman–Crippen LogP) is 3.88. The molecule has 0 atom stereocenters. The zero-order chi connectivity index (χ0) is 14.0. The summed E-state index contributed by atoms with van der Waals surface area (Å²) in [6.07, 6.45) is -4.49. The molecule has 2 N–H and O–H groups in total. The standard InChI is InChI=1S/C13H10ClF3N2/c14-10-3-1-2-8(6-10)12-9(7-18)4-5-11(19-12)13(15,16)17/h1-6H,7,18H2. The van der Waals surface area contributed by atoms with Gasteiger partial charge in [0.2, 0.25) is 0 Å². The molecule has 0 saturated carbocycles. The lowest BCUT2D eigenvalue weighted by atomic mass is 10.1. The number of nitrogens with zero attached hydrogens (tertiary/aromatic N) is 1. The molecule has 0 aliphatic carbocycles. The summed E-state index contributed by atoms with van der Waals surface area (Å²) in [5.41, 5.74) is 5.84. The van der Waals surface area contributed by atoms with Gasteiger partial charge in [-0.1, -0.05) is 29.8 Å². The minimum atomic E-state index is -4.49. The van der Waals surface area contributed by atoms with Gasteiger partial charge in [0.1, 0.15) is 5.69 Å². The van der Waals surface area contributed by atoms with Crippen LogP contribution in [0.1, 0.15) is 11.3 Å². The third-order valence-corrected chi connectivity index (χ3v) is 2.82. The number of halogens is 4. The van der Waals surface area contributed by atoms with E-state index in [0.717, 1.165) is 6.07 Å². The SMILES string of the molecule is NCc1ccc(C(F)(F)F)nc1-c1cccc(Cl)c1. The Labute approximate surface area is 113 Å². The molecule has 1 aromatic carbocycles. The first-order valence-corrected chi connectivity index (χ1v) is 5.82. The summed E-state index contributed by atoms with van der Waals surface area (Å²) in [5.74, 6) is 0. The number of aromatic nitrogens is 1. The number of hydrogen-bond donors (Lipinski definition) is 1. The normalized spacial score (nSPS) is 11.6. The lowest BCUT2D eigenvalue weighted by Crippen LogP contribution is -2.10. The van der Waals surface area contributed by atoms with Crippen LogP contribution in [0.25, 0.3) is 11.3 Å². The van der Waals surface area contributed by atoms with Gasteiger partial charge in [0.15, 0.2) is 0 Å². The summed E-state index contributed by atoms with van der Waals surface area (Å²) in [5, 5.41) is 0.430. The van der Waals surface area contributed by atoms with E-state index in [9.17, 15) is 13.2 Å². The maximum Gasteiger partial charge on any atom is 0.433 e. The van der Waals surface area contributed by atoms with Gasteiger partial charge in [0.25, 0.3) is 0 Å². The van der Waals surface area contributed by atoms with E-state index in [4.69, 9.17) is 17.3 Å². The fraction of sp³-hybridized carbons (Fsp3) is 0.154. The molecule has 2 nitrogen and oxygen atoms in total. The molecule has 1 aromatic heterocycles. The molecule has 0 radical (unpaired) electrons. The van der Waals surface area contributed by atoms with Crippen molar-refractivity contribution in [2.75, 3.05) is 0 Å². The van der Waals surface area contributed by atoms with Gasteiger partial charge < -0.3 is 5.73 Å². The summed E-state index contributed by atoms with van der Waals surface area (Å²) in [4.78, 5) is 3.66. The Morgan fingerprint density at radius 2 is 1.89 bits per heavy atom. The molecule has 2 rings (SSSR count). The summed E-state index contributed by atoms with van der Waals surface area (Å²) in [6.45, 7) is 0.104. The fourth-order valence-corrected chi connectivity index (χ4v) is 1.89. The lowest BCUT2D eigenvalue weighted by Gasteiger charge is -2.12. The van der Waals surface area contributed by atoms with Crippen LogP contribution >= 0.6 is 11.6 Å². The second kappa shape index (κ2) is 5.19. The van der Waals surface area contributed by atoms with Gasteiger partial charge in [0, 0.05) is 17.1 Å². The summed E-state index contributed by atoms with van der Waals surface area (Å²) >= 11 is 5.84. The number of nitrogens with two attached hydrogens (primary N) is 1. The molecule has 0 fully saturated rings. The van der Waals surface area contributed by atoms with E-state index in [2.05, 4.69) is 4.98 Å². The maximum atomic E-state index is 12.7. The van der Waals surface area contributed by atoms with Crippen LogP contribution in [0.3, 0.4) is 0 Å². The number of benzene rings is 1. The molecule has 0 amide bonds. The molecule has 6 heteroatoms. The smallest absolute Gasteiger partial charge is 0.326 e. The van der Waals surface area contributed by atoms with E-state index < -0.39 is 11.9 Å². The molecule has 0 saturated heterocycles. The van der Waals surface area contributed by atoms with Gasteiger partial charge in [-0.3, -0.25) is 0 Å². The van der Waals surface area contributed by atoms with E-state index in [-0.39, 0.29) is 12.2 Å². The van der Waals surface area contributed by atoms with Crippen LogP contribution in [0.5, 0.6) is 0 Å². The Bertz CT molecular complexity index is 597. The Morgan fingerprint density at radius 1 is 1.16 bits per heavy atom. The Morgan fingerprint density at radius 3 is 2.47 bits per heavy atom. The quantitative estimate of drug-likeness (QED) is 0.910. The minimum Gasteiger partial charge on any atom is -0.326 e. The molecule has 0 aliphatic rings. The van der Waals surface area contributed by atoms with Crippen LogP contribution in [0.15, 0.2) is 36.4 Å². The Balaban J connectivity index is 2.60. The second-order valence-electron chi connectivity index (χ2n) is 3.92. The van der Waals surface area contributed by atoms with Crippen molar-refractivity contribution in [3.05, 3.63) is 52.7 Å². The summed E-state index contributed by atoms with van der Waals surface area (Å²) < 4.78 is 38.0. The molecular formula is C13H10ClF3N2. The maximum absolute atomic E-state index is 12.7. The van der Waals surface area contributed by atoms with E-state index in [1.54, 1.807) is 24.3 Å². The molecule has 0 unspecified atom stereocenters. The fourth-order valence-electron chi connectivity index (χ4n) is 1.70. The van der Waals surface area contributed by atoms with Gasteiger partial charge in [0.05, 0.1) is 5.69 Å². The van der Waals surface area contributed by atoms with Crippen LogP contribution in [-0.2, 0) is 12.7 Å². The van der Waals surface area contributed by atoms with Crippen molar-refractivity contribution in [1.82, 2.24) is 4.98 Å². The summed E-state index contributed by atoms with van der Waals surface area (Å²) in [6, 6.07) is 8.76. The van der Waals surface area contributed by atoms with Crippen LogP contribution in [0.4, 0.5) is 13.2 Å². The van der Waals surface area contributed by atoms with Crippen molar-refractivity contribution in [3.63, 3.8) is 0 Å². The molecule has 0 aliphatic heterocycles. The summed E-state index contributed by atoms with van der Waals surface area (Å²) in [7, 11) is 0. The van der Waals surface area contributed by atoms with Gasteiger partial charge in [-0.15, -0.1) is 0 Å². The van der Waals surface area contributed by atoms with Crippen molar-refractivity contribution >= 4 is 11.6 Å². The number of alkyl halides is 3. The van der Waals surface area contributed by atoms with Crippen molar-refractivity contribution in [3.8, 4) is 11.3 Å². The molecule has 2 aromatic rings. The number of pyridine rings is 1. The van der Waals surface area contributed by atoms with Gasteiger partial charge in [-0.2, -0.15) is 13.2 Å². The first-order chi connectivity index (χ1) is 8.91. The number of rotatable bonds is 2. The highest BCUT2D eigenvalue weighted by molar-refractivity contribution is 6.30. The molecule has 19 heavy (non-hydrogen) atoms. The number of hydrogen-bond acceptors (Lipinski definition) is 2. The Hall–Kier alpha value is -1.59. The van der Waals surface area contributed by atoms with Crippen molar-refractivity contribution in [1.29, 1.82) is 0 Å². The minimum absolute atomic E-state index is 0.104. The van der Waals surface area contributed by atoms with Gasteiger partial charge in [-0.25, -0.2) is 4.98 Å². The second-order valence-corrected chi connectivity index (χ2v) is 4.35. The van der Waals surface area contributed by atoms with Crippen LogP contribution in [0, 0.1) is 0 Å². The zero-order valence-electron chi connectivity index (χ0n) is 9.71. The topological polar surface area (TPSA) is 38.9 Å². The van der Waals surface area contributed by atoms with Crippen LogP contribution in [0.2, 0.25) is 5.02 Å². The van der Waals surface area contributed by atoms with Crippen molar-refractivity contribution in [2.24, 2.45) is 5.73 Å². The molecule has 100 valence electrons. The average molecular weight is 287 g/mol. The first-order valence-electron chi connectivity index (χ1n) is 5.45. The van der Waals surface area contributed by atoms with E-state index in [1.165, 1.54) is 6.07 Å². The molecule has 1 heterocycles. The van der Waals surface area contributed by atoms with E-state index >= 15 is 0 Å². The predicted molar refractivity (Wildman–Crippen MR) is 67.6 cm³/mol. The lowest BCUT2D eigenvalue weighted by molar-refractivity contribution is -0.141. The third kappa shape index (κ3) is 3.05. The van der Waals surface area contributed by atoms with Gasteiger partial charge >= 0.3 is 6.18 Å².